The van der Waals surface area contributed by atoms with Gasteiger partial charge in [-0.1, -0.05) is 44.2 Å². The summed E-state index contributed by atoms with van der Waals surface area (Å²) in [5, 5.41) is 2.97. The summed E-state index contributed by atoms with van der Waals surface area (Å²) in [6, 6.07) is 9.88. The predicted octanol–water partition coefficient (Wildman–Crippen LogP) is 2.18. The van der Waals surface area contributed by atoms with E-state index in [1.165, 1.54) is 0 Å². The first-order chi connectivity index (χ1) is 9.61. The Morgan fingerprint density at radius 2 is 2.05 bits per heavy atom. The van der Waals surface area contributed by atoms with Gasteiger partial charge in [-0.15, -0.1) is 0 Å². The number of ether oxygens (including phenoxy) is 2. The van der Waals surface area contributed by atoms with Gasteiger partial charge in [0.25, 0.3) is 0 Å². The van der Waals surface area contributed by atoms with Crippen LogP contribution in [0.3, 0.4) is 0 Å². The molecule has 1 aromatic carbocycles. The summed E-state index contributed by atoms with van der Waals surface area (Å²) < 4.78 is 12.0. The lowest BCUT2D eigenvalue weighted by atomic mass is 9.86. The molecular weight excluding hydrogens is 254 g/mol. The molecule has 0 saturated carbocycles. The number of nitrogens with one attached hydrogen (secondary N) is 1. The van der Waals surface area contributed by atoms with Gasteiger partial charge in [0.2, 0.25) is 5.91 Å². The van der Waals surface area contributed by atoms with Gasteiger partial charge in [0.1, 0.15) is 5.54 Å². The fourth-order valence-electron chi connectivity index (χ4n) is 2.91. The fraction of sp³-hybridized carbons (Fsp3) is 0.438. The second-order valence-electron chi connectivity index (χ2n) is 5.72. The molecule has 4 nitrogen and oxygen atoms in total. The molecule has 2 aliphatic heterocycles. The summed E-state index contributed by atoms with van der Waals surface area (Å²) >= 11 is 0. The molecule has 1 fully saturated rings. The summed E-state index contributed by atoms with van der Waals surface area (Å²) in [7, 11) is 0. The lowest BCUT2D eigenvalue weighted by molar-refractivity contribution is -0.253. The molecule has 1 N–H and O–H groups in total. The molecule has 2 aliphatic rings. The lowest BCUT2D eigenvalue weighted by Gasteiger charge is -2.45. The van der Waals surface area contributed by atoms with E-state index in [0.29, 0.717) is 6.61 Å². The van der Waals surface area contributed by atoms with Gasteiger partial charge >= 0.3 is 0 Å². The van der Waals surface area contributed by atoms with Crippen molar-refractivity contribution in [2.75, 3.05) is 6.61 Å². The van der Waals surface area contributed by atoms with Gasteiger partial charge < -0.3 is 14.8 Å². The van der Waals surface area contributed by atoms with E-state index < -0.39 is 5.54 Å². The number of amides is 1. The maximum absolute atomic E-state index is 11.5. The monoisotopic (exact) mass is 273 g/mol. The smallest absolute Gasteiger partial charge is 0.244 e. The van der Waals surface area contributed by atoms with Crippen molar-refractivity contribution in [2.45, 2.75) is 31.8 Å². The minimum Gasteiger partial charge on any atom is -0.345 e. The molecule has 20 heavy (non-hydrogen) atoms. The zero-order chi connectivity index (χ0) is 14.2. The van der Waals surface area contributed by atoms with Crippen LogP contribution in [0.4, 0.5) is 0 Å². The van der Waals surface area contributed by atoms with E-state index in [9.17, 15) is 4.79 Å². The van der Waals surface area contributed by atoms with Gasteiger partial charge in [0.05, 0.1) is 12.7 Å². The van der Waals surface area contributed by atoms with Crippen molar-refractivity contribution < 1.29 is 14.3 Å². The third-order valence-electron chi connectivity index (χ3n) is 3.82. The molecule has 0 radical (unpaired) electrons. The number of hydrogen-bond acceptors (Lipinski definition) is 3. The molecule has 2 heterocycles. The van der Waals surface area contributed by atoms with Crippen LogP contribution in [0.15, 0.2) is 42.5 Å². The highest BCUT2D eigenvalue weighted by molar-refractivity contribution is 5.91. The number of benzene rings is 1. The molecule has 1 spiro atoms. The Morgan fingerprint density at radius 1 is 1.30 bits per heavy atom. The van der Waals surface area contributed by atoms with Crippen LogP contribution in [-0.4, -0.2) is 24.2 Å². The summed E-state index contributed by atoms with van der Waals surface area (Å²) in [4.78, 5) is 11.5. The van der Waals surface area contributed by atoms with Crippen LogP contribution in [-0.2, 0) is 14.3 Å². The Labute approximate surface area is 118 Å². The summed E-state index contributed by atoms with van der Waals surface area (Å²) in [5.74, 6) is 0.189. The van der Waals surface area contributed by atoms with Gasteiger partial charge in [-0.3, -0.25) is 4.79 Å². The van der Waals surface area contributed by atoms with Crippen LogP contribution in [0.25, 0.3) is 0 Å². The molecule has 1 saturated heterocycles. The van der Waals surface area contributed by atoms with Gasteiger partial charge in [0, 0.05) is 11.6 Å². The first-order valence-corrected chi connectivity index (χ1v) is 6.94. The average Bonchev–Trinajstić information content (AvgIpc) is 2.82. The van der Waals surface area contributed by atoms with Crippen molar-refractivity contribution in [3.63, 3.8) is 0 Å². The second-order valence-corrected chi connectivity index (χ2v) is 5.72. The Kier molecular flexibility index (Phi) is 3.36. The Balaban J connectivity index is 1.84. The van der Waals surface area contributed by atoms with Crippen molar-refractivity contribution in [2.24, 2.45) is 5.92 Å². The topological polar surface area (TPSA) is 47.6 Å². The van der Waals surface area contributed by atoms with Crippen LogP contribution in [0, 0.1) is 5.92 Å². The number of carbonyl (C=O) groups excluding carboxylic acids is 1. The zero-order valence-corrected chi connectivity index (χ0v) is 11.7. The maximum Gasteiger partial charge on any atom is 0.244 e. The first kappa shape index (κ1) is 13.3. The molecule has 3 atom stereocenters. The Hall–Kier alpha value is -1.65. The fourth-order valence-corrected chi connectivity index (χ4v) is 2.91. The van der Waals surface area contributed by atoms with E-state index >= 15 is 0 Å². The van der Waals surface area contributed by atoms with E-state index in [4.69, 9.17) is 9.47 Å². The quantitative estimate of drug-likeness (QED) is 0.898. The van der Waals surface area contributed by atoms with Crippen molar-refractivity contribution in [3.8, 4) is 0 Å². The minimum absolute atomic E-state index is 0.0824. The van der Waals surface area contributed by atoms with Crippen LogP contribution in [0.2, 0.25) is 0 Å². The molecule has 4 heteroatoms. The average molecular weight is 273 g/mol. The van der Waals surface area contributed by atoms with E-state index in [2.05, 4.69) is 19.2 Å². The second kappa shape index (κ2) is 5.04. The Morgan fingerprint density at radius 3 is 2.65 bits per heavy atom. The Bertz CT molecular complexity index is 526. The van der Waals surface area contributed by atoms with Crippen molar-refractivity contribution >= 4 is 5.91 Å². The number of carbonyl (C=O) groups is 1. The van der Waals surface area contributed by atoms with Crippen LogP contribution in [0.1, 0.15) is 25.7 Å². The summed E-state index contributed by atoms with van der Waals surface area (Å²) in [6.45, 7) is 4.62. The highest BCUT2D eigenvalue weighted by atomic mass is 16.7. The molecular formula is C16H19NO3. The normalized spacial score (nSPS) is 32.9. The maximum atomic E-state index is 11.5. The van der Waals surface area contributed by atoms with Crippen LogP contribution < -0.4 is 5.32 Å². The molecule has 3 rings (SSSR count). The molecule has 1 amide bonds. The molecule has 0 bridgehead atoms. The third kappa shape index (κ3) is 2.25. The zero-order valence-electron chi connectivity index (χ0n) is 11.7. The van der Waals surface area contributed by atoms with Crippen LogP contribution in [0.5, 0.6) is 0 Å². The number of rotatable bonds is 2. The van der Waals surface area contributed by atoms with E-state index in [0.717, 1.165) is 5.56 Å². The third-order valence-corrected chi connectivity index (χ3v) is 3.82. The molecule has 106 valence electrons. The van der Waals surface area contributed by atoms with E-state index in [1.807, 2.05) is 36.4 Å². The molecule has 0 aromatic heterocycles. The highest BCUT2D eigenvalue weighted by Crippen LogP contribution is 2.37. The van der Waals surface area contributed by atoms with Gasteiger partial charge in [0.15, 0.2) is 6.29 Å². The van der Waals surface area contributed by atoms with Gasteiger partial charge in [-0.25, -0.2) is 0 Å². The molecule has 1 aromatic rings. The summed E-state index contributed by atoms with van der Waals surface area (Å²) in [5.41, 5.74) is 0.470. The lowest BCUT2D eigenvalue weighted by Crippen LogP contribution is -2.61. The minimum atomic E-state index is -0.531. The van der Waals surface area contributed by atoms with Crippen molar-refractivity contribution in [1.29, 1.82) is 0 Å². The van der Waals surface area contributed by atoms with Gasteiger partial charge in [-0.05, 0) is 12.0 Å². The molecule has 0 aliphatic carbocycles. The molecule has 0 unspecified atom stereocenters. The highest BCUT2D eigenvalue weighted by Gasteiger charge is 2.48. The van der Waals surface area contributed by atoms with E-state index in [1.54, 1.807) is 6.08 Å². The SMILES string of the molecule is CC(C)[C@H]1O[C@@H](c2ccccc2)OC[C@@]12C=CC(=O)N2. The predicted molar refractivity (Wildman–Crippen MR) is 74.9 cm³/mol. The largest absolute Gasteiger partial charge is 0.345 e. The van der Waals surface area contributed by atoms with Crippen molar-refractivity contribution in [1.82, 2.24) is 5.32 Å². The van der Waals surface area contributed by atoms with Crippen molar-refractivity contribution in [3.05, 3.63) is 48.0 Å². The summed E-state index contributed by atoms with van der Waals surface area (Å²) in [6.07, 6.45) is 2.95. The van der Waals surface area contributed by atoms with Crippen LogP contribution >= 0.6 is 0 Å². The number of hydrogen-bond donors (Lipinski definition) is 1. The van der Waals surface area contributed by atoms with E-state index in [-0.39, 0.29) is 24.2 Å². The standard InChI is InChI=1S/C16H19NO3/c1-11(2)14-16(9-8-13(18)17-16)10-19-15(20-14)12-6-4-3-5-7-12/h3-9,11,14-15H,10H2,1-2H3,(H,17,18)/t14-,15+,16+/m1/s1. The van der Waals surface area contributed by atoms with Gasteiger partial charge in [-0.2, -0.15) is 0 Å². The first-order valence-electron chi connectivity index (χ1n) is 6.94.